The lowest BCUT2D eigenvalue weighted by Gasteiger charge is -2.04. The van der Waals surface area contributed by atoms with E-state index in [0.717, 1.165) is 0 Å². The molecule has 0 unspecified atom stereocenters. The van der Waals surface area contributed by atoms with E-state index in [-0.39, 0.29) is 22.3 Å². The summed E-state index contributed by atoms with van der Waals surface area (Å²) >= 11 is 15.7. The molecule has 0 fully saturated rings. The highest BCUT2D eigenvalue weighted by Gasteiger charge is 2.11. The van der Waals surface area contributed by atoms with E-state index < -0.39 is 0 Å². The van der Waals surface area contributed by atoms with Gasteiger partial charge < -0.3 is 13.7 Å². The minimum atomic E-state index is -0.106. The zero-order valence-electron chi connectivity index (χ0n) is 5.55. The van der Waals surface area contributed by atoms with Gasteiger partial charge in [-0.2, -0.15) is 0 Å². The van der Waals surface area contributed by atoms with Crippen LogP contribution in [0, 0.1) is 0 Å². The van der Waals surface area contributed by atoms with E-state index in [4.69, 9.17) is 40.4 Å². The van der Waals surface area contributed by atoms with Crippen molar-refractivity contribution in [3.63, 3.8) is 0 Å². The van der Waals surface area contributed by atoms with Crippen molar-refractivity contribution < 1.29 is 13.7 Å². The van der Waals surface area contributed by atoms with Crippen molar-refractivity contribution in [1.29, 1.82) is 0 Å². The lowest BCUT2D eigenvalue weighted by molar-refractivity contribution is 0.467. The Balaban J connectivity index is 3.22. The summed E-state index contributed by atoms with van der Waals surface area (Å²) in [5.74, 6) is 0.0497. The summed E-state index contributed by atoms with van der Waals surface area (Å²) in [6.07, 6.45) is 0. The first-order valence-electron chi connectivity index (χ1n) is 2.78. The van der Waals surface area contributed by atoms with E-state index in [1.165, 1.54) is 12.1 Å². The van der Waals surface area contributed by atoms with Gasteiger partial charge in [0.2, 0.25) is 0 Å². The van der Waals surface area contributed by atoms with Gasteiger partial charge in [-0.3, -0.25) is 0 Å². The lowest BCUT2D eigenvalue weighted by Crippen LogP contribution is -1.82. The maximum atomic E-state index is 9.04. The van der Waals surface area contributed by atoms with Gasteiger partial charge in [-0.25, -0.2) is 0 Å². The number of rotatable bonds is 2. The molecule has 0 aromatic heterocycles. The lowest BCUT2D eigenvalue weighted by atomic mass is 10.3. The quantitative estimate of drug-likeness (QED) is 0.847. The molecule has 0 bridgehead atoms. The molecule has 1 rings (SSSR count). The number of hydrogen-bond acceptors (Lipinski definition) is 3. The largest absolute Gasteiger partial charge is 0.508 e. The van der Waals surface area contributed by atoms with Gasteiger partial charge in [-0.05, 0) is 0 Å². The molecule has 0 heterocycles. The fourth-order valence-corrected chi connectivity index (χ4v) is 1.18. The monoisotopic (exact) mass is 228 g/mol. The second kappa shape index (κ2) is 3.94. The summed E-state index contributed by atoms with van der Waals surface area (Å²) in [6, 6.07) is 2.46. The zero-order valence-corrected chi connectivity index (χ0v) is 7.82. The summed E-state index contributed by atoms with van der Waals surface area (Å²) in [5.41, 5.74) is 0. The van der Waals surface area contributed by atoms with Gasteiger partial charge >= 0.3 is 0 Å². The Bertz CT molecular complexity index is 264. The van der Waals surface area contributed by atoms with Crippen LogP contribution >= 0.6 is 35.3 Å². The molecule has 0 spiro atoms. The van der Waals surface area contributed by atoms with Crippen LogP contribution in [0.15, 0.2) is 12.1 Å². The predicted molar refractivity (Wildman–Crippen MR) is 46.1 cm³/mol. The average Bonchev–Trinajstić information content (AvgIpc) is 2.08. The van der Waals surface area contributed by atoms with Crippen LogP contribution in [0.3, 0.4) is 0 Å². The molecule has 0 aliphatic heterocycles. The van der Waals surface area contributed by atoms with Gasteiger partial charge in [0.25, 0.3) is 0 Å². The second-order valence-corrected chi connectivity index (χ2v) is 2.60. The average molecular weight is 229 g/mol. The Morgan fingerprint density at radius 1 is 1.08 bits per heavy atom. The predicted octanol–water partition coefficient (Wildman–Crippen LogP) is 3.11. The molecule has 0 saturated carbocycles. The van der Waals surface area contributed by atoms with Crippen LogP contribution in [-0.2, 0) is 0 Å². The van der Waals surface area contributed by atoms with Crippen LogP contribution in [-0.4, -0.2) is 5.11 Å². The Morgan fingerprint density at radius 3 is 1.83 bits per heavy atom. The van der Waals surface area contributed by atoms with Crippen LogP contribution in [0.25, 0.3) is 0 Å². The Kier molecular flexibility index (Phi) is 3.14. The van der Waals surface area contributed by atoms with Crippen LogP contribution in [0.4, 0.5) is 0 Å². The second-order valence-electron chi connectivity index (χ2n) is 1.91. The SMILES string of the molecule is Oc1cc(OCl)c(Cl)c(OCl)c1. The number of phenolic OH excluding ortho intramolecular Hbond substituents is 1. The molecular weight excluding hydrogens is 226 g/mol. The molecule has 1 aromatic carbocycles. The van der Waals surface area contributed by atoms with E-state index in [9.17, 15) is 0 Å². The van der Waals surface area contributed by atoms with E-state index in [1.807, 2.05) is 0 Å². The molecule has 0 radical (unpaired) electrons. The summed E-state index contributed by atoms with van der Waals surface area (Å²) in [6.45, 7) is 0. The molecule has 0 aliphatic carbocycles. The standard InChI is InChI=1S/C6H3Cl3O3/c7-6-4(11-8)1-3(10)2-5(6)12-9/h1-2,10H. The highest BCUT2D eigenvalue weighted by atomic mass is 35.5. The molecule has 1 N–H and O–H groups in total. The molecule has 0 aliphatic rings. The maximum absolute atomic E-state index is 9.04. The highest BCUT2D eigenvalue weighted by molar-refractivity contribution is 6.34. The van der Waals surface area contributed by atoms with E-state index in [2.05, 4.69) is 8.58 Å². The van der Waals surface area contributed by atoms with Crippen molar-refractivity contribution in [1.82, 2.24) is 0 Å². The molecule has 1 aromatic rings. The first-order valence-corrected chi connectivity index (χ1v) is 3.78. The topological polar surface area (TPSA) is 38.7 Å². The van der Waals surface area contributed by atoms with Gasteiger partial charge in [0.05, 0.1) is 0 Å². The number of aromatic hydroxyl groups is 1. The van der Waals surface area contributed by atoms with E-state index in [0.29, 0.717) is 0 Å². The zero-order chi connectivity index (χ0) is 9.14. The van der Waals surface area contributed by atoms with Crippen LogP contribution in [0.2, 0.25) is 5.02 Å². The normalized spacial score (nSPS) is 9.58. The van der Waals surface area contributed by atoms with E-state index in [1.54, 1.807) is 0 Å². The minimum Gasteiger partial charge on any atom is -0.508 e. The summed E-state index contributed by atoms with van der Waals surface area (Å²) in [5, 5.41) is 9.14. The smallest absolute Gasteiger partial charge is 0.172 e. The molecule has 0 saturated heterocycles. The van der Waals surface area contributed by atoms with Gasteiger partial charge in [0, 0.05) is 12.1 Å². The van der Waals surface area contributed by atoms with Gasteiger partial charge in [0.15, 0.2) is 11.5 Å². The molecule has 6 heteroatoms. The van der Waals surface area contributed by atoms with Crippen molar-refractivity contribution in [2.45, 2.75) is 0 Å². The number of benzene rings is 1. The third-order valence-corrected chi connectivity index (χ3v) is 1.86. The fourth-order valence-electron chi connectivity index (χ4n) is 0.671. The molecular formula is C6H3Cl3O3. The number of hydrogen-bond donors (Lipinski definition) is 1. The Hall–Kier alpha value is -0.510. The number of halogens is 3. The molecule has 66 valence electrons. The highest BCUT2D eigenvalue weighted by Crippen LogP contribution is 2.38. The fraction of sp³-hybridized carbons (Fsp3) is 0. The van der Waals surface area contributed by atoms with Crippen LogP contribution < -0.4 is 8.58 Å². The first-order chi connectivity index (χ1) is 5.69. The van der Waals surface area contributed by atoms with Gasteiger partial charge in [-0.15, -0.1) is 0 Å². The van der Waals surface area contributed by atoms with Gasteiger partial charge in [0.1, 0.15) is 34.5 Å². The Labute approximate surface area is 83.7 Å². The summed E-state index contributed by atoms with van der Waals surface area (Å²) in [4.78, 5) is 0. The van der Waals surface area contributed by atoms with Crippen molar-refractivity contribution in [2.75, 3.05) is 0 Å². The Morgan fingerprint density at radius 2 is 1.50 bits per heavy atom. The maximum Gasteiger partial charge on any atom is 0.172 e. The summed E-state index contributed by atoms with van der Waals surface area (Å²) in [7, 11) is 0. The first kappa shape index (κ1) is 9.58. The molecule has 0 amide bonds. The van der Waals surface area contributed by atoms with Crippen LogP contribution in [0.5, 0.6) is 17.2 Å². The minimum absolute atomic E-state index is 0.0778. The van der Waals surface area contributed by atoms with Gasteiger partial charge in [-0.1, -0.05) is 11.6 Å². The van der Waals surface area contributed by atoms with E-state index >= 15 is 0 Å². The van der Waals surface area contributed by atoms with Crippen molar-refractivity contribution in [3.05, 3.63) is 17.2 Å². The van der Waals surface area contributed by atoms with Crippen molar-refractivity contribution in [2.24, 2.45) is 0 Å². The number of phenols is 1. The van der Waals surface area contributed by atoms with Crippen molar-refractivity contribution in [3.8, 4) is 17.2 Å². The van der Waals surface area contributed by atoms with Crippen LogP contribution in [0.1, 0.15) is 0 Å². The third-order valence-electron chi connectivity index (χ3n) is 1.16. The van der Waals surface area contributed by atoms with Crippen molar-refractivity contribution >= 4 is 35.3 Å². The third kappa shape index (κ3) is 1.80. The summed E-state index contributed by atoms with van der Waals surface area (Å²) < 4.78 is 8.62. The molecule has 3 nitrogen and oxygen atoms in total. The molecule has 0 atom stereocenters. The molecule has 12 heavy (non-hydrogen) atoms.